The summed E-state index contributed by atoms with van der Waals surface area (Å²) in [5.74, 6) is -0.279. The average molecular weight is 202 g/mol. The van der Waals surface area contributed by atoms with Crippen LogP contribution in [0.5, 0.6) is 5.75 Å². The lowest BCUT2D eigenvalue weighted by Crippen LogP contribution is -2.50. The first kappa shape index (κ1) is 10.2. The van der Waals surface area contributed by atoms with Gasteiger partial charge in [-0.1, -0.05) is 0 Å². The van der Waals surface area contributed by atoms with Crippen molar-refractivity contribution < 1.29 is 23.7 Å². The highest BCUT2D eigenvalue weighted by molar-refractivity contribution is 5.67. The minimum Gasteiger partial charge on any atom is -0.503 e. The SMILES string of the molecule is COC(=O)/N=c1\n(F)cc(O)c[n+]1C. The van der Waals surface area contributed by atoms with Crippen LogP contribution in [-0.4, -0.2) is 23.1 Å². The molecule has 1 N–H and O–H groups in total. The van der Waals surface area contributed by atoms with Gasteiger partial charge in [0.15, 0.2) is 5.75 Å². The third-order valence-electron chi connectivity index (χ3n) is 1.44. The van der Waals surface area contributed by atoms with Crippen LogP contribution in [0.25, 0.3) is 0 Å². The summed E-state index contributed by atoms with van der Waals surface area (Å²) in [6.07, 6.45) is 1.07. The van der Waals surface area contributed by atoms with Crippen LogP contribution >= 0.6 is 0 Å². The summed E-state index contributed by atoms with van der Waals surface area (Å²) < 4.78 is 18.4. The van der Waals surface area contributed by atoms with Crippen molar-refractivity contribution >= 4 is 6.09 Å². The van der Waals surface area contributed by atoms with E-state index in [1.165, 1.54) is 13.2 Å². The molecule has 0 aliphatic heterocycles. The van der Waals surface area contributed by atoms with E-state index in [1.54, 1.807) is 0 Å². The Labute approximate surface area is 78.5 Å². The Morgan fingerprint density at radius 1 is 1.79 bits per heavy atom. The predicted octanol–water partition coefficient (Wildman–Crippen LogP) is -0.582. The molecule has 0 saturated carbocycles. The lowest BCUT2D eigenvalue weighted by atomic mass is 10.6. The Kier molecular flexibility index (Phi) is 2.80. The van der Waals surface area contributed by atoms with Crippen LogP contribution in [0.3, 0.4) is 0 Å². The van der Waals surface area contributed by atoms with E-state index in [-0.39, 0.29) is 16.2 Å². The normalized spacial score (nSPS) is 11.5. The summed E-state index contributed by atoms with van der Waals surface area (Å²) >= 11 is 0. The number of aromatic hydroxyl groups is 1. The fourth-order valence-electron chi connectivity index (χ4n) is 0.868. The molecule has 0 unspecified atom stereocenters. The molecule has 0 aromatic carbocycles. The topological polar surface area (TPSA) is 67.7 Å². The van der Waals surface area contributed by atoms with E-state index in [4.69, 9.17) is 5.11 Å². The number of hydrogen-bond acceptors (Lipinski definition) is 3. The zero-order valence-electron chi connectivity index (χ0n) is 7.64. The van der Waals surface area contributed by atoms with Crippen molar-refractivity contribution in [2.24, 2.45) is 12.0 Å². The lowest BCUT2D eigenvalue weighted by Gasteiger charge is -1.94. The molecular formula is C7H9FN3O3+. The van der Waals surface area contributed by atoms with Crippen LogP contribution in [-0.2, 0) is 11.8 Å². The summed E-state index contributed by atoms with van der Waals surface area (Å²) in [6.45, 7) is 0. The van der Waals surface area contributed by atoms with Gasteiger partial charge >= 0.3 is 11.7 Å². The minimum atomic E-state index is -0.919. The van der Waals surface area contributed by atoms with Crippen molar-refractivity contribution in [2.75, 3.05) is 7.11 Å². The first-order valence-corrected chi connectivity index (χ1v) is 3.64. The molecule has 0 spiro atoms. The van der Waals surface area contributed by atoms with Crippen molar-refractivity contribution in [3.63, 3.8) is 0 Å². The van der Waals surface area contributed by atoms with Crippen LogP contribution in [0.1, 0.15) is 0 Å². The van der Waals surface area contributed by atoms with Crippen molar-refractivity contribution in [1.29, 1.82) is 0 Å². The van der Waals surface area contributed by atoms with Gasteiger partial charge in [-0.05, 0) is 9.27 Å². The first-order chi connectivity index (χ1) is 6.54. The quantitative estimate of drug-likeness (QED) is 0.572. The minimum absolute atomic E-state index is 0.0201. The maximum absolute atomic E-state index is 13.0. The number of aryl methyl sites for hydroxylation is 1. The standard InChI is InChI=1S/C7H8FN3O3/c1-10-3-5(12)4-11(8)6(10)9-7(13)14-2/h3-4H,1-2H3/p+1/b9-6-. The van der Waals surface area contributed by atoms with E-state index in [2.05, 4.69) is 9.73 Å². The van der Waals surface area contributed by atoms with Gasteiger partial charge < -0.3 is 9.84 Å². The molecule has 0 radical (unpaired) electrons. The molecule has 0 fully saturated rings. The summed E-state index contributed by atoms with van der Waals surface area (Å²) in [7, 11) is 2.56. The van der Waals surface area contributed by atoms with Gasteiger partial charge in [0, 0.05) is 4.99 Å². The summed E-state index contributed by atoms with van der Waals surface area (Å²) in [4.78, 5) is 14.0. The Morgan fingerprint density at radius 2 is 2.43 bits per heavy atom. The van der Waals surface area contributed by atoms with Gasteiger partial charge in [0.1, 0.15) is 12.4 Å². The third-order valence-corrected chi connectivity index (χ3v) is 1.44. The second-order valence-corrected chi connectivity index (χ2v) is 2.49. The van der Waals surface area contributed by atoms with Crippen LogP contribution in [0, 0.1) is 0 Å². The van der Waals surface area contributed by atoms with E-state index < -0.39 is 6.09 Å². The molecule has 14 heavy (non-hydrogen) atoms. The van der Waals surface area contributed by atoms with Gasteiger partial charge in [-0.2, -0.15) is 0 Å². The highest BCUT2D eigenvalue weighted by atomic mass is 19.2. The molecule has 76 valence electrons. The maximum Gasteiger partial charge on any atom is 0.513 e. The fourth-order valence-corrected chi connectivity index (χ4v) is 0.868. The van der Waals surface area contributed by atoms with Gasteiger partial charge in [-0.3, -0.25) is 0 Å². The number of methoxy groups -OCH3 is 1. The summed E-state index contributed by atoms with van der Waals surface area (Å²) in [5.41, 5.74) is -0.283. The number of rotatable bonds is 0. The molecule has 0 saturated heterocycles. The Balaban J connectivity index is 3.34. The summed E-state index contributed by atoms with van der Waals surface area (Å²) in [5, 5.41) is 8.97. The zero-order chi connectivity index (χ0) is 10.7. The third kappa shape index (κ3) is 2.06. The Morgan fingerprint density at radius 3 is 2.93 bits per heavy atom. The number of amides is 1. The van der Waals surface area contributed by atoms with E-state index in [0.29, 0.717) is 0 Å². The zero-order valence-corrected chi connectivity index (χ0v) is 7.64. The van der Waals surface area contributed by atoms with Crippen LogP contribution in [0.2, 0.25) is 0 Å². The molecule has 1 aromatic heterocycles. The van der Waals surface area contributed by atoms with Gasteiger partial charge in [-0.25, -0.2) is 9.36 Å². The van der Waals surface area contributed by atoms with E-state index in [9.17, 15) is 9.28 Å². The number of carbonyl (C=O) groups excluding carboxylic acids is 1. The highest BCUT2D eigenvalue weighted by Crippen LogP contribution is 1.98. The second-order valence-electron chi connectivity index (χ2n) is 2.49. The van der Waals surface area contributed by atoms with Gasteiger partial charge in [0.25, 0.3) is 0 Å². The predicted molar refractivity (Wildman–Crippen MR) is 41.7 cm³/mol. The molecule has 1 amide bonds. The van der Waals surface area contributed by atoms with Crippen LogP contribution < -0.4 is 10.2 Å². The molecule has 1 rings (SSSR count). The lowest BCUT2D eigenvalue weighted by molar-refractivity contribution is -0.694. The van der Waals surface area contributed by atoms with Gasteiger partial charge in [0.05, 0.1) is 14.2 Å². The van der Waals surface area contributed by atoms with E-state index >= 15 is 0 Å². The average Bonchev–Trinajstić information content (AvgIpc) is 2.10. The second kappa shape index (κ2) is 3.86. The maximum atomic E-state index is 13.0. The largest absolute Gasteiger partial charge is 0.513 e. The smallest absolute Gasteiger partial charge is 0.503 e. The molecule has 7 heteroatoms. The van der Waals surface area contributed by atoms with E-state index in [0.717, 1.165) is 17.9 Å². The number of carbonyl (C=O) groups is 1. The van der Waals surface area contributed by atoms with Crippen LogP contribution in [0.15, 0.2) is 17.4 Å². The number of ether oxygens (including phenoxy) is 1. The molecule has 6 nitrogen and oxygen atoms in total. The first-order valence-electron chi connectivity index (χ1n) is 3.64. The van der Waals surface area contributed by atoms with Crippen molar-refractivity contribution in [2.45, 2.75) is 0 Å². The molecule has 1 heterocycles. The molecular weight excluding hydrogens is 193 g/mol. The number of nitrogens with zero attached hydrogens (tertiary/aromatic N) is 3. The van der Waals surface area contributed by atoms with Crippen LogP contribution in [0.4, 0.5) is 9.28 Å². The van der Waals surface area contributed by atoms with Gasteiger partial charge in [-0.15, -0.1) is 0 Å². The van der Waals surface area contributed by atoms with E-state index in [1.807, 2.05) is 0 Å². The Hall–Kier alpha value is -1.92. The molecule has 0 atom stereocenters. The van der Waals surface area contributed by atoms with Crippen molar-refractivity contribution in [1.82, 2.24) is 4.79 Å². The molecule has 1 aromatic rings. The highest BCUT2D eigenvalue weighted by Gasteiger charge is 2.11. The van der Waals surface area contributed by atoms with Crippen molar-refractivity contribution in [3.8, 4) is 5.75 Å². The number of aromatic nitrogens is 2. The fraction of sp³-hybridized carbons (Fsp3) is 0.286. The monoisotopic (exact) mass is 202 g/mol. The number of halogens is 1. The number of hydrogen-bond donors (Lipinski definition) is 1. The van der Waals surface area contributed by atoms with Gasteiger partial charge in [0.2, 0.25) is 0 Å². The Bertz CT molecular complexity index is 400. The van der Waals surface area contributed by atoms with Crippen molar-refractivity contribution in [3.05, 3.63) is 18.0 Å². The molecule has 0 aliphatic rings. The molecule has 0 aliphatic carbocycles. The summed E-state index contributed by atoms with van der Waals surface area (Å²) in [6, 6.07) is 0. The molecule has 0 bridgehead atoms.